The quantitative estimate of drug-likeness (QED) is 0.789. The number of hydrogen-bond acceptors (Lipinski definition) is 3. The molecule has 1 fully saturated rings. The van der Waals surface area contributed by atoms with Gasteiger partial charge in [0.05, 0.1) is 11.6 Å². The molecule has 1 aromatic rings. The zero-order valence-electron chi connectivity index (χ0n) is 14.0. The summed E-state index contributed by atoms with van der Waals surface area (Å²) >= 11 is 0. The minimum atomic E-state index is -0.160. The number of nitrogens with zero attached hydrogens (tertiary/aromatic N) is 1. The molecule has 0 spiro atoms. The summed E-state index contributed by atoms with van der Waals surface area (Å²) in [7, 11) is 0. The number of para-hydroxylation sites is 1. The predicted octanol–water partition coefficient (Wildman–Crippen LogP) is 4.09. The van der Waals surface area contributed by atoms with Crippen molar-refractivity contribution in [3.8, 4) is 0 Å². The third-order valence-electron chi connectivity index (χ3n) is 3.81. The first-order valence-corrected chi connectivity index (χ1v) is 7.68. The third-order valence-corrected chi connectivity index (χ3v) is 3.81. The molecule has 1 unspecified atom stereocenters. The lowest BCUT2D eigenvalue weighted by molar-refractivity contribution is -0.123. The van der Waals surface area contributed by atoms with Gasteiger partial charge in [-0.25, -0.2) is 0 Å². The molecule has 0 radical (unpaired) electrons. The zero-order chi connectivity index (χ0) is 16.9. The number of amides is 2. The van der Waals surface area contributed by atoms with Crippen molar-refractivity contribution in [3.05, 3.63) is 30.3 Å². The fourth-order valence-electron chi connectivity index (χ4n) is 2.02. The normalized spacial score (nSPS) is 17.0. The van der Waals surface area contributed by atoms with E-state index >= 15 is 0 Å². The molecule has 0 bridgehead atoms. The van der Waals surface area contributed by atoms with Crippen LogP contribution in [0.15, 0.2) is 30.3 Å². The zero-order valence-corrected chi connectivity index (χ0v) is 14.0. The highest BCUT2D eigenvalue weighted by Crippen LogP contribution is 2.30. The van der Waals surface area contributed by atoms with Crippen LogP contribution in [0.5, 0.6) is 0 Å². The van der Waals surface area contributed by atoms with E-state index in [4.69, 9.17) is 0 Å². The monoisotopic (exact) mass is 319 g/mol. The summed E-state index contributed by atoms with van der Waals surface area (Å²) in [5, 5.41) is 0. The van der Waals surface area contributed by atoms with E-state index in [0.29, 0.717) is 12.1 Å². The second-order valence-electron chi connectivity index (χ2n) is 6.22. The Kier molecular flexibility index (Phi) is 8.44. The van der Waals surface area contributed by atoms with Crippen LogP contribution in [0.3, 0.4) is 0 Å². The topological polar surface area (TPSA) is 54.5 Å². The fourth-order valence-corrected chi connectivity index (χ4v) is 2.02. The molecule has 1 heterocycles. The van der Waals surface area contributed by atoms with Gasteiger partial charge in [-0.2, -0.15) is 0 Å². The highest BCUT2D eigenvalue weighted by molar-refractivity contribution is 6.20. The number of benzene rings is 1. The molecule has 128 valence electrons. The molecule has 1 aliphatic rings. The summed E-state index contributed by atoms with van der Waals surface area (Å²) in [6, 6.07) is 9.11. The highest BCUT2D eigenvalue weighted by atomic mass is 16.2. The number of carbonyl (C=O) groups excluding carboxylic acids is 3. The number of Topliss-reactive ketones (excluding diaryl/α,β-unsaturated/α-hetero) is 1. The maximum Gasteiger partial charge on any atom is 0.237 e. The van der Waals surface area contributed by atoms with Gasteiger partial charge in [0.2, 0.25) is 11.8 Å². The van der Waals surface area contributed by atoms with Gasteiger partial charge in [0, 0.05) is 12.3 Å². The van der Waals surface area contributed by atoms with Crippen LogP contribution in [-0.2, 0) is 14.4 Å². The molecule has 1 atom stereocenters. The number of imide groups is 1. The van der Waals surface area contributed by atoms with E-state index in [-0.39, 0.29) is 42.8 Å². The molecule has 0 saturated carbocycles. The Morgan fingerprint density at radius 2 is 1.57 bits per heavy atom. The van der Waals surface area contributed by atoms with E-state index in [0.717, 1.165) is 0 Å². The van der Waals surface area contributed by atoms with E-state index in [1.54, 1.807) is 19.1 Å². The van der Waals surface area contributed by atoms with Gasteiger partial charge in [0.1, 0.15) is 5.78 Å². The molecule has 1 aromatic carbocycles. The Bertz CT molecular complexity index is 535. The van der Waals surface area contributed by atoms with Crippen LogP contribution >= 0.6 is 0 Å². The van der Waals surface area contributed by atoms with E-state index in [2.05, 4.69) is 0 Å². The molecule has 0 aromatic heterocycles. The summed E-state index contributed by atoms with van der Waals surface area (Å²) in [5.74, 6) is 0.374. The van der Waals surface area contributed by atoms with Crippen molar-refractivity contribution in [1.82, 2.24) is 0 Å². The van der Waals surface area contributed by atoms with Crippen LogP contribution in [0.2, 0.25) is 0 Å². The lowest BCUT2D eigenvalue weighted by Gasteiger charge is -2.16. The minimum absolute atomic E-state index is 0. The van der Waals surface area contributed by atoms with Crippen molar-refractivity contribution in [2.45, 2.75) is 48.5 Å². The molecule has 23 heavy (non-hydrogen) atoms. The predicted molar refractivity (Wildman–Crippen MR) is 94.1 cm³/mol. The lowest BCUT2D eigenvalue weighted by Crippen LogP contribution is -2.31. The van der Waals surface area contributed by atoms with Crippen LogP contribution in [0.1, 0.15) is 48.5 Å². The molecule has 1 saturated heterocycles. The molecule has 1 aliphatic heterocycles. The summed E-state index contributed by atoms with van der Waals surface area (Å²) < 4.78 is 0. The average Bonchev–Trinajstić information content (AvgIpc) is 2.75. The van der Waals surface area contributed by atoms with Gasteiger partial charge >= 0.3 is 0 Å². The Balaban J connectivity index is 0.000000599. The second-order valence-corrected chi connectivity index (χ2v) is 6.22. The third kappa shape index (κ3) is 5.62. The summed E-state index contributed by atoms with van der Waals surface area (Å²) in [6.07, 6.45) is 0.339. The van der Waals surface area contributed by atoms with Gasteiger partial charge in [-0.1, -0.05) is 53.3 Å². The maximum absolute atomic E-state index is 12.1. The van der Waals surface area contributed by atoms with Gasteiger partial charge in [-0.05, 0) is 25.0 Å². The van der Waals surface area contributed by atoms with Crippen LogP contribution in [0.4, 0.5) is 5.69 Å². The van der Waals surface area contributed by atoms with Crippen molar-refractivity contribution in [1.29, 1.82) is 0 Å². The van der Waals surface area contributed by atoms with E-state index in [1.165, 1.54) is 4.90 Å². The Morgan fingerprint density at radius 1 is 1.09 bits per heavy atom. The van der Waals surface area contributed by atoms with Crippen molar-refractivity contribution in [3.63, 3.8) is 0 Å². The molecule has 0 N–H and O–H groups in total. The Morgan fingerprint density at radius 3 is 1.91 bits per heavy atom. The van der Waals surface area contributed by atoms with Crippen LogP contribution in [0.25, 0.3) is 0 Å². The molecular weight excluding hydrogens is 290 g/mol. The van der Waals surface area contributed by atoms with E-state index in [1.807, 2.05) is 45.9 Å². The average molecular weight is 319 g/mol. The standard InChI is InChI=1S/C13H15NO2.C5H10O.CH4/c1-9(2)11-8-12(15)14(13(11)16)10-6-4-3-5-7-10;1-4(2)5(3)6;/h3-7,9,11H,8H2,1-2H3;4H,1-3H3;1H4. The van der Waals surface area contributed by atoms with Gasteiger partial charge in [-0.3, -0.25) is 19.3 Å². The number of hydrogen-bond donors (Lipinski definition) is 0. The van der Waals surface area contributed by atoms with Crippen molar-refractivity contribution >= 4 is 23.3 Å². The molecular formula is C19H29NO3. The Labute approximate surface area is 139 Å². The number of anilines is 1. The first-order chi connectivity index (χ1) is 10.3. The van der Waals surface area contributed by atoms with Gasteiger partial charge in [0.25, 0.3) is 0 Å². The number of ketones is 1. The molecule has 4 heteroatoms. The molecule has 2 rings (SSSR count). The maximum atomic E-state index is 12.1. The van der Waals surface area contributed by atoms with Gasteiger partial charge in [0.15, 0.2) is 0 Å². The number of rotatable bonds is 3. The van der Waals surface area contributed by atoms with Crippen LogP contribution < -0.4 is 4.90 Å². The van der Waals surface area contributed by atoms with Crippen molar-refractivity contribution < 1.29 is 14.4 Å². The first kappa shape index (κ1) is 21.0. The highest BCUT2D eigenvalue weighted by Gasteiger charge is 2.40. The summed E-state index contributed by atoms with van der Waals surface area (Å²) in [6.45, 7) is 9.34. The molecule has 0 aliphatic carbocycles. The number of carbonyl (C=O) groups is 3. The summed E-state index contributed by atoms with van der Waals surface area (Å²) in [4.78, 5) is 35.3. The molecule has 2 amide bonds. The summed E-state index contributed by atoms with van der Waals surface area (Å²) in [5.41, 5.74) is 0.681. The largest absolute Gasteiger partial charge is 0.300 e. The Hall–Kier alpha value is -1.97. The minimum Gasteiger partial charge on any atom is -0.300 e. The van der Waals surface area contributed by atoms with Crippen LogP contribution in [-0.4, -0.2) is 17.6 Å². The van der Waals surface area contributed by atoms with Gasteiger partial charge < -0.3 is 0 Å². The lowest BCUT2D eigenvalue weighted by atomic mass is 9.94. The van der Waals surface area contributed by atoms with Crippen molar-refractivity contribution in [2.75, 3.05) is 4.90 Å². The second kappa shape index (κ2) is 9.23. The first-order valence-electron chi connectivity index (χ1n) is 7.68. The van der Waals surface area contributed by atoms with E-state index in [9.17, 15) is 14.4 Å². The van der Waals surface area contributed by atoms with E-state index < -0.39 is 0 Å². The smallest absolute Gasteiger partial charge is 0.237 e. The van der Waals surface area contributed by atoms with Crippen LogP contribution in [0, 0.1) is 17.8 Å². The fraction of sp³-hybridized carbons (Fsp3) is 0.526. The van der Waals surface area contributed by atoms with Gasteiger partial charge in [-0.15, -0.1) is 0 Å². The van der Waals surface area contributed by atoms with Crippen molar-refractivity contribution in [2.24, 2.45) is 17.8 Å². The molecule has 4 nitrogen and oxygen atoms in total. The SMILES string of the molecule is C.CC(=O)C(C)C.CC(C)C1CC(=O)N(c2ccccc2)C1=O.